The zero-order valence-electron chi connectivity index (χ0n) is 20.4. The van der Waals surface area contributed by atoms with Crippen molar-refractivity contribution in [2.24, 2.45) is 0 Å². The number of methoxy groups -OCH3 is 2. The number of hydrogen-bond acceptors (Lipinski definition) is 6. The summed E-state index contributed by atoms with van der Waals surface area (Å²) in [7, 11) is 2.87. The van der Waals surface area contributed by atoms with Crippen molar-refractivity contribution >= 4 is 5.97 Å². The van der Waals surface area contributed by atoms with Crippen LogP contribution < -0.4 is 9.47 Å². The summed E-state index contributed by atoms with van der Waals surface area (Å²) < 4.78 is 44.0. The van der Waals surface area contributed by atoms with E-state index in [9.17, 15) is 13.6 Å². The fraction of sp³-hybridized carbons (Fsp3) is 0.250. The van der Waals surface area contributed by atoms with Crippen LogP contribution in [0.25, 0.3) is 11.1 Å². The lowest BCUT2D eigenvalue weighted by molar-refractivity contribution is -0.0867. The van der Waals surface area contributed by atoms with E-state index < -0.39 is 11.9 Å². The van der Waals surface area contributed by atoms with Crippen LogP contribution in [0.3, 0.4) is 0 Å². The Morgan fingerprint density at radius 3 is 2.08 bits per heavy atom. The number of hydrogen-bond donors (Lipinski definition) is 0. The normalized spacial score (nSPS) is 14.6. The van der Waals surface area contributed by atoms with Crippen molar-refractivity contribution in [1.82, 2.24) is 15.0 Å². The zero-order valence-corrected chi connectivity index (χ0v) is 20.4. The number of ether oxygens (including phenoxy) is 3. The van der Waals surface area contributed by atoms with Gasteiger partial charge in [-0.3, -0.25) is 0 Å². The van der Waals surface area contributed by atoms with Crippen molar-refractivity contribution in [3.8, 4) is 28.5 Å². The Bertz CT molecular complexity index is 1380. The quantitative estimate of drug-likeness (QED) is 0.270. The lowest BCUT2D eigenvalue weighted by Crippen LogP contribution is -2.33. The molecule has 1 heterocycles. The Kier molecular flexibility index (Phi) is 6.60. The molecule has 0 spiro atoms. The molecule has 1 saturated carbocycles. The average Bonchev–Trinajstić information content (AvgIpc) is 3.29. The minimum absolute atomic E-state index is 0.0303. The fourth-order valence-corrected chi connectivity index (χ4v) is 4.31. The molecule has 9 heteroatoms. The van der Waals surface area contributed by atoms with E-state index >= 15 is 0 Å². The number of carbonyl (C=O) groups excluding carboxylic acids is 1. The number of aromatic nitrogens is 3. The second kappa shape index (κ2) is 10.0. The maximum Gasteiger partial charge on any atom is 0.364 e. The van der Waals surface area contributed by atoms with Gasteiger partial charge >= 0.3 is 5.97 Å². The maximum absolute atomic E-state index is 13.2. The summed E-state index contributed by atoms with van der Waals surface area (Å²) in [5.41, 5.74) is 3.72. The van der Waals surface area contributed by atoms with E-state index in [1.54, 1.807) is 19.2 Å². The van der Waals surface area contributed by atoms with E-state index in [0.717, 1.165) is 28.0 Å². The lowest BCUT2D eigenvalue weighted by atomic mass is 9.76. The molecule has 0 atom stereocenters. The van der Waals surface area contributed by atoms with Gasteiger partial charge in [0.05, 0.1) is 20.8 Å². The largest absolute Gasteiger partial charge is 0.497 e. The first-order valence-corrected chi connectivity index (χ1v) is 11.8. The molecule has 0 saturated heterocycles. The van der Waals surface area contributed by atoms with Crippen molar-refractivity contribution < 1.29 is 27.8 Å². The molecule has 0 amide bonds. The van der Waals surface area contributed by atoms with Gasteiger partial charge in [-0.2, -0.15) is 0 Å². The number of benzene rings is 3. The zero-order chi connectivity index (χ0) is 26.0. The van der Waals surface area contributed by atoms with Crippen LogP contribution in [0.4, 0.5) is 8.78 Å². The highest BCUT2D eigenvalue weighted by molar-refractivity contribution is 5.89. The minimum atomic E-state index is -2.54. The number of alkyl halides is 2. The van der Waals surface area contributed by atoms with Gasteiger partial charge in [-0.05, 0) is 52.4 Å². The Balaban J connectivity index is 1.33. The first-order valence-electron chi connectivity index (χ1n) is 11.8. The van der Waals surface area contributed by atoms with Crippen molar-refractivity contribution in [2.75, 3.05) is 14.2 Å². The highest BCUT2D eigenvalue weighted by Crippen LogP contribution is 2.48. The molecule has 190 valence electrons. The SMILES string of the molecule is COC(=O)c1nnn(Cc2ccc(OC)cc2)c1Oc1ccc(-c2ccc(C3CC(F)(F)C3)cc2)cc1. The minimum Gasteiger partial charge on any atom is -0.497 e. The van der Waals surface area contributed by atoms with Crippen LogP contribution in [-0.2, 0) is 11.3 Å². The Morgan fingerprint density at radius 2 is 1.51 bits per heavy atom. The molecular formula is C28H25F2N3O4. The lowest BCUT2D eigenvalue weighted by Gasteiger charge is -2.35. The van der Waals surface area contributed by atoms with Gasteiger partial charge in [-0.15, -0.1) is 5.10 Å². The van der Waals surface area contributed by atoms with Crippen LogP contribution >= 0.6 is 0 Å². The molecule has 0 unspecified atom stereocenters. The summed E-state index contributed by atoms with van der Waals surface area (Å²) in [5.74, 6) is -1.89. The molecule has 3 aromatic carbocycles. The van der Waals surface area contributed by atoms with Crippen LogP contribution in [0.2, 0.25) is 0 Å². The summed E-state index contributed by atoms with van der Waals surface area (Å²) in [6.45, 7) is 0.320. The summed E-state index contributed by atoms with van der Waals surface area (Å²) in [6, 6.07) is 22.5. The van der Waals surface area contributed by atoms with Gasteiger partial charge in [0.15, 0.2) is 0 Å². The van der Waals surface area contributed by atoms with Gasteiger partial charge in [0.25, 0.3) is 5.88 Å². The predicted octanol–water partition coefficient (Wildman–Crippen LogP) is 6.09. The predicted molar refractivity (Wildman–Crippen MR) is 132 cm³/mol. The molecule has 1 fully saturated rings. The van der Waals surface area contributed by atoms with Crippen LogP contribution in [0, 0.1) is 0 Å². The Morgan fingerprint density at radius 1 is 0.919 bits per heavy atom. The van der Waals surface area contributed by atoms with Crippen molar-refractivity contribution in [3.63, 3.8) is 0 Å². The van der Waals surface area contributed by atoms with E-state index in [1.807, 2.05) is 60.7 Å². The summed E-state index contributed by atoms with van der Waals surface area (Å²) in [6.07, 6.45) is -0.175. The van der Waals surface area contributed by atoms with Crippen molar-refractivity contribution in [1.29, 1.82) is 0 Å². The molecule has 4 aromatic rings. The van der Waals surface area contributed by atoms with Crippen LogP contribution in [0.1, 0.15) is 40.4 Å². The van der Waals surface area contributed by atoms with Crippen LogP contribution in [0.5, 0.6) is 17.4 Å². The van der Waals surface area contributed by atoms with Gasteiger partial charge in [0, 0.05) is 12.8 Å². The molecule has 0 bridgehead atoms. The third-order valence-electron chi connectivity index (χ3n) is 6.43. The third kappa shape index (κ3) is 5.30. The first kappa shape index (κ1) is 24.4. The smallest absolute Gasteiger partial charge is 0.364 e. The molecule has 1 aliphatic carbocycles. The Labute approximate surface area is 212 Å². The molecule has 1 aliphatic rings. The number of nitrogens with zero attached hydrogens (tertiary/aromatic N) is 3. The second-order valence-electron chi connectivity index (χ2n) is 8.95. The van der Waals surface area contributed by atoms with Gasteiger partial charge in [-0.1, -0.05) is 53.7 Å². The molecule has 37 heavy (non-hydrogen) atoms. The number of rotatable bonds is 8. The highest BCUT2D eigenvalue weighted by Gasteiger charge is 2.45. The van der Waals surface area contributed by atoms with Crippen LogP contribution in [-0.4, -0.2) is 41.1 Å². The van der Waals surface area contributed by atoms with Crippen molar-refractivity contribution in [3.05, 3.63) is 89.6 Å². The van der Waals surface area contributed by atoms with E-state index in [1.165, 1.54) is 11.8 Å². The molecule has 1 aromatic heterocycles. The number of halogens is 2. The third-order valence-corrected chi connectivity index (χ3v) is 6.43. The summed E-state index contributed by atoms with van der Waals surface area (Å²) in [4.78, 5) is 12.3. The molecular weight excluding hydrogens is 480 g/mol. The van der Waals surface area contributed by atoms with Gasteiger partial charge in [0.2, 0.25) is 11.6 Å². The van der Waals surface area contributed by atoms with E-state index in [4.69, 9.17) is 14.2 Å². The maximum atomic E-state index is 13.2. The summed E-state index contributed by atoms with van der Waals surface area (Å²) in [5, 5.41) is 8.05. The fourth-order valence-electron chi connectivity index (χ4n) is 4.31. The highest BCUT2D eigenvalue weighted by atomic mass is 19.3. The Hall–Kier alpha value is -4.27. The number of carbonyl (C=O) groups is 1. The summed E-state index contributed by atoms with van der Waals surface area (Å²) >= 11 is 0. The van der Waals surface area contributed by atoms with E-state index in [-0.39, 0.29) is 30.3 Å². The average molecular weight is 506 g/mol. The van der Waals surface area contributed by atoms with Crippen molar-refractivity contribution in [2.45, 2.75) is 31.2 Å². The topological polar surface area (TPSA) is 75.5 Å². The first-order chi connectivity index (χ1) is 17.8. The van der Waals surface area contributed by atoms with E-state index in [2.05, 4.69) is 10.3 Å². The standard InChI is InChI=1S/C28H25F2N3O4/c1-35-23-11-3-18(4-12-23)17-33-26(25(31-32-33)27(34)36-2)37-24-13-9-20(10-14-24)19-5-7-21(8-6-19)22-15-28(29,30)16-22/h3-14,22H,15-17H2,1-2H3. The molecule has 7 nitrogen and oxygen atoms in total. The van der Waals surface area contributed by atoms with Gasteiger partial charge in [-0.25, -0.2) is 18.3 Å². The van der Waals surface area contributed by atoms with Gasteiger partial charge < -0.3 is 14.2 Å². The molecule has 5 rings (SSSR count). The number of esters is 1. The molecule has 0 radical (unpaired) electrons. The van der Waals surface area contributed by atoms with Gasteiger partial charge in [0.1, 0.15) is 11.5 Å². The van der Waals surface area contributed by atoms with Crippen LogP contribution in [0.15, 0.2) is 72.8 Å². The van der Waals surface area contributed by atoms with E-state index in [0.29, 0.717) is 12.3 Å². The second-order valence-corrected chi connectivity index (χ2v) is 8.95. The molecule has 0 N–H and O–H groups in total. The monoisotopic (exact) mass is 505 g/mol. The molecule has 0 aliphatic heterocycles.